The maximum Gasteiger partial charge on any atom is 0.267 e. The lowest BCUT2D eigenvalue weighted by molar-refractivity contribution is 0.458. The van der Waals surface area contributed by atoms with E-state index in [0.29, 0.717) is 4.47 Å². The van der Waals surface area contributed by atoms with Crippen molar-refractivity contribution in [1.29, 1.82) is 0 Å². The zero-order chi connectivity index (χ0) is 10.2. The summed E-state index contributed by atoms with van der Waals surface area (Å²) in [6.45, 7) is 0.738. The molecule has 0 atom stereocenters. The molecule has 0 saturated heterocycles. The van der Waals surface area contributed by atoms with Gasteiger partial charge in [-0.3, -0.25) is 9.36 Å². The molecule has 1 heterocycles. The molecule has 14 heavy (non-hydrogen) atoms. The lowest BCUT2D eigenvalue weighted by Crippen LogP contribution is -2.26. The number of rotatable bonds is 3. The Bertz CT molecular complexity index is 400. The van der Waals surface area contributed by atoms with Crippen LogP contribution in [0.15, 0.2) is 21.8 Å². The van der Waals surface area contributed by atoms with Gasteiger partial charge in [-0.25, -0.2) is 4.98 Å². The van der Waals surface area contributed by atoms with Crippen LogP contribution in [0.5, 0.6) is 0 Å². The third kappa shape index (κ3) is 1.88. The van der Waals surface area contributed by atoms with Gasteiger partial charge in [-0.1, -0.05) is 0 Å². The Morgan fingerprint density at radius 2 is 2.36 bits per heavy atom. The number of hydrogen-bond acceptors (Lipinski definition) is 3. The van der Waals surface area contributed by atoms with Crippen LogP contribution in [-0.2, 0) is 6.54 Å². The minimum absolute atomic E-state index is 0.00643. The van der Waals surface area contributed by atoms with E-state index in [1.54, 1.807) is 10.9 Å². The highest BCUT2D eigenvalue weighted by Crippen LogP contribution is 2.47. The second-order valence-corrected chi connectivity index (χ2v) is 5.00. The minimum atomic E-state index is -0.00643. The molecular formula is C9H11BrN2OS. The summed E-state index contributed by atoms with van der Waals surface area (Å²) in [6, 6.07) is 0. The fourth-order valence-corrected chi connectivity index (χ4v) is 2.20. The van der Waals surface area contributed by atoms with Crippen LogP contribution in [-0.4, -0.2) is 15.3 Å². The van der Waals surface area contributed by atoms with E-state index in [2.05, 4.69) is 33.5 Å². The fourth-order valence-electron chi connectivity index (χ4n) is 1.44. The van der Waals surface area contributed by atoms with E-state index in [4.69, 9.17) is 0 Å². The molecule has 0 unspecified atom stereocenters. The Labute approximate surface area is 96.1 Å². The van der Waals surface area contributed by atoms with Gasteiger partial charge in [0, 0.05) is 12.7 Å². The van der Waals surface area contributed by atoms with E-state index in [-0.39, 0.29) is 11.0 Å². The largest absolute Gasteiger partial charge is 0.298 e. The van der Waals surface area contributed by atoms with Gasteiger partial charge < -0.3 is 0 Å². The Kier molecular flexibility index (Phi) is 2.70. The van der Waals surface area contributed by atoms with Crippen molar-refractivity contribution < 1.29 is 0 Å². The first-order valence-corrected chi connectivity index (χ1v) is 5.90. The molecule has 0 radical (unpaired) electrons. The lowest BCUT2D eigenvalue weighted by atomic mass is 10.1. The molecule has 1 aliphatic rings. The summed E-state index contributed by atoms with van der Waals surface area (Å²) in [5.41, 5.74) is 0.239. The van der Waals surface area contributed by atoms with Crippen molar-refractivity contribution >= 4 is 28.6 Å². The molecule has 3 nitrogen and oxygen atoms in total. The van der Waals surface area contributed by atoms with Crippen LogP contribution in [0.2, 0.25) is 0 Å². The SMILES string of the molecule is O=c1c(Br)cncn1CC1(CS)CC1. The van der Waals surface area contributed by atoms with E-state index in [1.165, 1.54) is 6.20 Å². The molecule has 0 aromatic carbocycles. The van der Waals surface area contributed by atoms with Gasteiger partial charge in [0.2, 0.25) is 0 Å². The summed E-state index contributed by atoms with van der Waals surface area (Å²) >= 11 is 7.49. The Hall–Kier alpha value is -0.290. The zero-order valence-electron chi connectivity index (χ0n) is 7.61. The summed E-state index contributed by atoms with van der Waals surface area (Å²) in [4.78, 5) is 15.6. The molecule has 0 amide bonds. The highest BCUT2D eigenvalue weighted by molar-refractivity contribution is 9.10. The second kappa shape index (κ2) is 3.70. The number of hydrogen-bond donors (Lipinski definition) is 1. The molecule has 76 valence electrons. The van der Waals surface area contributed by atoms with Crippen molar-refractivity contribution in [3.05, 3.63) is 27.4 Å². The maximum absolute atomic E-state index is 11.6. The third-order valence-electron chi connectivity index (χ3n) is 2.66. The lowest BCUT2D eigenvalue weighted by Gasteiger charge is -2.13. The molecule has 1 aromatic heterocycles. The molecular weight excluding hydrogens is 264 g/mol. The van der Waals surface area contributed by atoms with Gasteiger partial charge >= 0.3 is 0 Å². The number of aromatic nitrogens is 2. The number of nitrogens with zero attached hydrogens (tertiary/aromatic N) is 2. The molecule has 1 saturated carbocycles. The van der Waals surface area contributed by atoms with E-state index >= 15 is 0 Å². The van der Waals surface area contributed by atoms with Gasteiger partial charge in [0.05, 0.1) is 6.33 Å². The van der Waals surface area contributed by atoms with Gasteiger partial charge in [0.25, 0.3) is 5.56 Å². The Morgan fingerprint density at radius 3 is 2.93 bits per heavy atom. The van der Waals surface area contributed by atoms with E-state index in [1.807, 2.05) is 0 Å². The number of thiol groups is 1. The molecule has 1 aliphatic carbocycles. The monoisotopic (exact) mass is 274 g/mol. The molecule has 5 heteroatoms. The summed E-state index contributed by atoms with van der Waals surface area (Å²) in [5, 5.41) is 0. The van der Waals surface area contributed by atoms with Crippen LogP contribution < -0.4 is 5.56 Å². The molecule has 1 fully saturated rings. The first-order chi connectivity index (χ1) is 6.67. The standard InChI is InChI=1S/C9H11BrN2OS/c10-7-3-11-6-12(8(7)13)4-9(5-14)1-2-9/h3,6,14H,1-2,4-5H2. The zero-order valence-corrected chi connectivity index (χ0v) is 10.1. The van der Waals surface area contributed by atoms with Crippen molar-refractivity contribution in [2.24, 2.45) is 5.41 Å². The van der Waals surface area contributed by atoms with E-state index in [9.17, 15) is 4.79 Å². The summed E-state index contributed by atoms with van der Waals surface area (Å²) in [7, 11) is 0. The maximum atomic E-state index is 11.6. The van der Waals surface area contributed by atoms with Crippen molar-refractivity contribution in [1.82, 2.24) is 9.55 Å². The quantitative estimate of drug-likeness (QED) is 0.852. The average molecular weight is 275 g/mol. The Balaban J connectivity index is 2.25. The van der Waals surface area contributed by atoms with Crippen LogP contribution in [0.4, 0.5) is 0 Å². The topological polar surface area (TPSA) is 34.9 Å². The van der Waals surface area contributed by atoms with Crippen molar-refractivity contribution in [3.8, 4) is 0 Å². The fraction of sp³-hybridized carbons (Fsp3) is 0.556. The van der Waals surface area contributed by atoms with Crippen LogP contribution in [0.1, 0.15) is 12.8 Å². The third-order valence-corrected chi connectivity index (χ3v) is 3.87. The van der Waals surface area contributed by atoms with Crippen LogP contribution in [0, 0.1) is 5.41 Å². The highest BCUT2D eigenvalue weighted by Gasteiger charge is 2.41. The minimum Gasteiger partial charge on any atom is -0.298 e. The molecule has 0 aliphatic heterocycles. The summed E-state index contributed by atoms with van der Waals surface area (Å²) < 4.78 is 2.18. The predicted molar refractivity (Wildman–Crippen MR) is 61.7 cm³/mol. The van der Waals surface area contributed by atoms with Gasteiger partial charge in [-0.05, 0) is 39.9 Å². The summed E-state index contributed by atoms with van der Waals surface area (Å²) in [6.07, 6.45) is 5.45. The first-order valence-electron chi connectivity index (χ1n) is 4.48. The molecule has 1 aromatic rings. The van der Waals surface area contributed by atoms with Gasteiger partial charge in [0.1, 0.15) is 4.47 Å². The van der Waals surface area contributed by atoms with Crippen LogP contribution >= 0.6 is 28.6 Å². The van der Waals surface area contributed by atoms with E-state index < -0.39 is 0 Å². The van der Waals surface area contributed by atoms with Crippen molar-refractivity contribution in [2.45, 2.75) is 19.4 Å². The van der Waals surface area contributed by atoms with Crippen molar-refractivity contribution in [3.63, 3.8) is 0 Å². The Morgan fingerprint density at radius 1 is 1.64 bits per heavy atom. The van der Waals surface area contributed by atoms with Crippen LogP contribution in [0.3, 0.4) is 0 Å². The van der Waals surface area contributed by atoms with Gasteiger partial charge in [-0.15, -0.1) is 0 Å². The normalized spacial score (nSPS) is 18.1. The van der Waals surface area contributed by atoms with Gasteiger partial charge in [-0.2, -0.15) is 12.6 Å². The average Bonchev–Trinajstić information content (AvgIpc) is 2.94. The number of halogens is 1. The van der Waals surface area contributed by atoms with Crippen LogP contribution in [0.25, 0.3) is 0 Å². The molecule has 0 spiro atoms. The molecule has 2 rings (SSSR count). The predicted octanol–water partition coefficient (Wildman–Crippen LogP) is 1.72. The smallest absolute Gasteiger partial charge is 0.267 e. The second-order valence-electron chi connectivity index (χ2n) is 3.83. The molecule has 0 bridgehead atoms. The van der Waals surface area contributed by atoms with Crippen molar-refractivity contribution in [2.75, 3.05) is 5.75 Å². The van der Waals surface area contributed by atoms with E-state index in [0.717, 1.165) is 25.1 Å². The highest BCUT2D eigenvalue weighted by atomic mass is 79.9. The van der Waals surface area contributed by atoms with Gasteiger partial charge in [0.15, 0.2) is 0 Å². The first kappa shape index (κ1) is 10.2. The molecule has 0 N–H and O–H groups in total. The summed E-state index contributed by atoms with van der Waals surface area (Å²) in [5.74, 6) is 0.839.